The summed E-state index contributed by atoms with van der Waals surface area (Å²) < 4.78 is 10.4. The SMILES string of the molecule is COc1ccc(OC)c(C(O)CNC(=O)C(N)Cc2ccccc2)c1. The number of benzene rings is 2. The summed E-state index contributed by atoms with van der Waals surface area (Å²) in [7, 11) is 3.06. The van der Waals surface area contributed by atoms with Gasteiger partial charge in [0, 0.05) is 12.1 Å². The van der Waals surface area contributed by atoms with Crippen molar-refractivity contribution in [1.29, 1.82) is 0 Å². The van der Waals surface area contributed by atoms with Gasteiger partial charge in [-0.1, -0.05) is 30.3 Å². The summed E-state index contributed by atoms with van der Waals surface area (Å²) >= 11 is 0. The van der Waals surface area contributed by atoms with Crippen LogP contribution in [0.25, 0.3) is 0 Å². The Bertz CT molecular complexity index is 691. The van der Waals surface area contributed by atoms with Gasteiger partial charge in [0.1, 0.15) is 11.5 Å². The molecule has 6 nitrogen and oxygen atoms in total. The molecule has 0 saturated carbocycles. The third-order valence-electron chi connectivity index (χ3n) is 3.90. The first-order valence-electron chi connectivity index (χ1n) is 8.02. The summed E-state index contributed by atoms with van der Waals surface area (Å²) in [5, 5.41) is 13.1. The van der Waals surface area contributed by atoms with Crippen LogP contribution in [0.15, 0.2) is 48.5 Å². The van der Waals surface area contributed by atoms with Crippen molar-refractivity contribution in [2.75, 3.05) is 20.8 Å². The third-order valence-corrected chi connectivity index (χ3v) is 3.90. The molecule has 134 valence electrons. The number of ether oxygens (including phenoxy) is 2. The number of aliphatic hydroxyl groups is 1. The van der Waals surface area contributed by atoms with Gasteiger partial charge in [-0.3, -0.25) is 4.79 Å². The lowest BCUT2D eigenvalue weighted by Gasteiger charge is -2.18. The largest absolute Gasteiger partial charge is 0.497 e. The van der Waals surface area contributed by atoms with E-state index < -0.39 is 12.1 Å². The normalized spacial score (nSPS) is 13.0. The number of carbonyl (C=O) groups is 1. The molecule has 2 rings (SSSR count). The van der Waals surface area contributed by atoms with E-state index in [1.165, 1.54) is 7.11 Å². The van der Waals surface area contributed by atoms with Gasteiger partial charge in [0.25, 0.3) is 0 Å². The zero-order chi connectivity index (χ0) is 18.2. The number of amides is 1. The molecule has 2 unspecified atom stereocenters. The van der Waals surface area contributed by atoms with Gasteiger partial charge < -0.3 is 25.6 Å². The van der Waals surface area contributed by atoms with Gasteiger partial charge in [0.15, 0.2) is 0 Å². The van der Waals surface area contributed by atoms with E-state index in [0.29, 0.717) is 23.5 Å². The van der Waals surface area contributed by atoms with E-state index in [2.05, 4.69) is 5.32 Å². The molecule has 0 spiro atoms. The van der Waals surface area contributed by atoms with Crippen LogP contribution in [0.3, 0.4) is 0 Å². The molecule has 4 N–H and O–H groups in total. The average molecular weight is 344 g/mol. The fraction of sp³-hybridized carbons (Fsp3) is 0.316. The van der Waals surface area contributed by atoms with Gasteiger partial charge in [-0.2, -0.15) is 0 Å². The number of methoxy groups -OCH3 is 2. The predicted octanol–water partition coefficient (Wildman–Crippen LogP) is 1.42. The Balaban J connectivity index is 1.94. The molecule has 0 fully saturated rings. The summed E-state index contributed by atoms with van der Waals surface area (Å²) in [4.78, 5) is 12.2. The van der Waals surface area contributed by atoms with Crippen molar-refractivity contribution in [3.63, 3.8) is 0 Å². The quantitative estimate of drug-likeness (QED) is 0.673. The van der Waals surface area contributed by atoms with Gasteiger partial charge in [0.2, 0.25) is 5.91 Å². The monoisotopic (exact) mass is 344 g/mol. The van der Waals surface area contributed by atoms with Crippen molar-refractivity contribution in [3.8, 4) is 11.5 Å². The summed E-state index contributed by atoms with van der Waals surface area (Å²) in [6, 6.07) is 14.0. The molecule has 2 aromatic rings. The molecular formula is C19H24N2O4. The van der Waals surface area contributed by atoms with Crippen molar-refractivity contribution in [2.45, 2.75) is 18.6 Å². The summed E-state index contributed by atoms with van der Waals surface area (Å²) in [5.74, 6) is 0.808. The number of nitrogens with two attached hydrogens (primary N) is 1. The second-order valence-electron chi connectivity index (χ2n) is 5.67. The highest BCUT2D eigenvalue weighted by Gasteiger charge is 2.18. The summed E-state index contributed by atoms with van der Waals surface area (Å²) in [5.41, 5.74) is 7.46. The molecule has 0 saturated heterocycles. The van der Waals surface area contributed by atoms with E-state index in [1.54, 1.807) is 25.3 Å². The Morgan fingerprint density at radius 2 is 1.88 bits per heavy atom. The molecule has 1 amide bonds. The number of hydrogen-bond acceptors (Lipinski definition) is 5. The molecule has 6 heteroatoms. The third kappa shape index (κ3) is 5.20. The highest BCUT2D eigenvalue weighted by atomic mass is 16.5. The molecular weight excluding hydrogens is 320 g/mol. The van der Waals surface area contributed by atoms with Crippen LogP contribution in [0.4, 0.5) is 0 Å². The van der Waals surface area contributed by atoms with Crippen molar-refractivity contribution >= 4 is 5.91 Å². The van der Waals surface area contributed by atoms with E-state index in [9.17, 15) is 9.90 Å². The zero-order valence-corrected chi connectivity index (χ0v) is 14.4. The summed E-state index contributed by atoms with van der Waals surface area (Å²) in [6.07, 6.45) is -0.497. The van der Waals surface area contributed by atoms with Gasteiger partial charge in [0.05, 0.1) is 26.4 Å². The fourth-order valence-electron chi connectivity index (χ4n) is 2.50. The Labute approximate surface area is 147 Å². The van der Waals surface area contributed by atoms with Gasteiger partial charge in [-0.15, -0.1) is 0 Å². The smallest absolute Gasteiger partial charge is 0.237 e. The fourth-order valence-corrected chi connectivity index (χ4v) is 2.50. The first-order chi connectivity index (χ1) is 12.0. The minimum atomic E-state index is -0.932. The zero-order valence-electron chi connectivity index (χ0n) is 14.4. The lowest BCUT2D eigenvalue weighted by atomic mass is 10.1. The van der Waals surface area contributed by atoms with Crippen molar-refractivity contribution in [3.05, 3.63) is 59.7 Å². The number of rotatable bonds is 8. The van der Waals surface area contributed by atoms with Crippen LogP contribution in [-0.4, -0.2) is 37.8 Å². The molecule has 2 aromatic carbocycles. The molecule has 0 aromatic heterocycles. The molecule has 0 bridgehead atoms. The van der Waals surface area contributed by atoms with Crippen LogP contribution < -0.4 is 20.5 Å². The first-order valence-corrected chi connectivity index (χ1v) is 8.02. The maximum atomic E-state index is 12.2. The van der Waals surface area contributed by atoms with Crippen molar-refractivity contribution in [2.24, 2.45) is 5.73 Å². The molecule has 0 heterocycles. The molecule has 2 atom stereocenters. The topological polar surface area (TPSA) is 93.8 Å². The van der Waals surface area contributed by atoms with Gasteiger partial charge >= 0.3 is 0 Å². The van der Waals surface area contributed by atoms with E-state index in [4.69, 9.17) is 15.2 Å². The number of carbonyl (C=O) groups excluding carboxylic acids is 1. The number of aliphatic hydroxyl groups excluding tert-OH is 1. The van der Waals surface area contributed by atoms with Gasteiger partial charge in [-0.25, -0.2) is 0 Å². The van der Waals surface area contributed by atoms with Crippen molar-refractivity contribution in [1.82, 2.24) is 5.32 Å². The van der Waals surface area contributed by atoms with E-state index >= 15 is 0 Å². The first kappa shape index (κ1) is 18.8. The lowest BCUT2D eigenvalue weighted by Crippen LogP contribution is -2.43. The standard InChI is InChI=1S/C19H24N2O4/c1-24-14-8-9-18(25-2)15(11-14)17(22)12-21-19(23)16(20)10-13-6-4-3-5-7-13/h3-9,11,16-17,22H,10,12,20H2,1-2H3,(H,21,23). The molecule has 25 heavy (non-hydrogen) atoms. The van der Waals surface area contributed by atoms with Crippen LogP contribution in [-0.2, 0) is 11.2 Å². The van der Waals surface area contributed by atoms with E-state index in [-0.39, 0.29) is 12.5 Å². The van der Waals surface area contributed by atoms with Gasteiger partial charge in [-0.05, 0) is 30.2 Å². The predicted molar refractivity (Wildman–Crippen MR) is 95.6 cm³/mol. The Morgan fingerprint density at radius 3 is 2.52 bits per heavy atom. The molecule has 0 aliphatic heterocycles. The number of nitrogens with one attached hydrogen (secondary N) is 1. The van der Waals surface area contributed by atoms with E-state index in [1.807, 2.05) is 30.3 Å². The minimum Gasteiger partial charge on any atom is -0.497 e. The second kappa shape index (κ2) is 9.05. The summed E-state index contributed by atoms with van der Waals surface area (Å²) in [6.45, 7) is 0.0326. The van der Waals surface area contributed by atoms with Crippen LogP contribution in [0.5, 0.6) is 11.5 Å². The maximum Gasteiger partial charge on any atom is 0.237 e. The number of hydrogen-bond donors (Lipinski definition) is 3. The van der Waals surface area contributed by atoms with E-state index in [0.717, 1.165) is 5.56 Å². The van der Waals surface area contributed by atoms with Crippen molar-refractivity contribution < 1.29 is 19.4 Å². The van der Waals surface area contributed by atoms with Crippen LogP contribution >= 0.6 is 0 Å². The van der Waals surface area contributed by atoms with Crippen LogP contribution in [0.2, 0.25) is 0 Å². The van der Waals surface area contributed by atoms with Crippen LogP contribution in [0, 0.1) is 0 Å². The maximum absolute atomic E-state index is 12.2. The average Bonchev–Trinajstić information content (AvgIpc) is 2.65. The highest BCUT2D eigenvalue weighted by Crippen LogP contribution is 2.29. The Kier molecular flexibility index (Phi) is 6.80. The lowest BCUT2D eigenvalue weighted by molar-refractivity contribution is -0.122. The Hall–Kier alpha value is -2.57. The molecule has 0 radical (unpaired) electrons. The minimum absolute atomic E-state index is 0.0326. The second-order valence-corrected chi connectivity index (χ2v) is 5.67. The Morgan fingerprint density at radius 1 is 1.16 bits per heavy atom. The van der Waals surface area contributed by atoms with Crippen LogP contribution in [0.1, 0.15) is 17.2 Å². The molecule has 0 aliphatic rings. The highest BCUT2D eigenvalue weighted by molar-refractivity contribution is 5.81. The molecule has 0 aliphatic carbocycles.